The summed E-state index contributed by atoms with van der Waals surface area (Å²) in [4.78, 5) is 0. The Balaban J connectivity index is 2.09. The zero-order chi connectivity index (χ0) is 8.97. The first kappa shape index (κ1) is 9.32. The highest BCUT2D eigenvalue weighted by Crippen LogP contribution is 2.32. The monoisotopic (exact) mass is 171 g/mol. The van der Waals surface area contributed by atoms with Crippen molar-refractivity contribution in [3.63, 3.8) is 0 Å². The van der Waals surface area contributed by atoms with Crippen LogP contribution in [0.25, 0.3) is 0 Å². The summed E-state index contributed by atoms with van der Waals surface area (Å²) in [6.07, 6.45) is 3.47. The summed E-state index contributed by atoms with van der Waals surface area (Å²) < 4.78 is 5.41. The quantitative estimate of drug-likeness (QED) is 0.279. The van der Waals surface area contributed by atoms with Crippen molar-refractivity contribution in [3.8, 4) is 0 Å². The first-order valence-electron chi connectivity index (χ1n) is 4.40. The van der Waals surface area contributed by atoms with E-state index in [1.54, 1.807) is 0 Å². The molecule has 12 heavy (non-hydrogen) atoms. The lowest BCUT2D eigenvalue weighted by atomic mass is 9.80. The van der Waals surface area contributed by atoms with Gasteiger partial charge in [-0.05, 0) is 25.7 Å². The minimum absolute atomic E-state index is 0.450. The highest BCUT2D eigenvalue weighted by Gasteiger charge is 2.29. The van der Waals surface area contributed by atoms with Crippen LogP contribution in [0.2, 0.25) is 0 Å². The van der Waals surface area contributed by atoms with Crippen molar-refractivity contribution < 1.29 is 4.74 Å². The third-order valence-electron chi connectivity index (χ3n) is 2.26. The molecule has 70 valence electrons. The Labute approximate surface area is 72.9 Å². The lowest BCUT2D eigenvalue weighted by Gasteiger charge is -2.34. The van der Waals surface area contributed by atoms with E-state index in [9.17, 15) is 0 Å². The van der Waals surface area contributed by atoms with Crippen LogP contribution in [0.1, 0.15) is 26.2 Å². The SMILES string of the molecule is CCOC1CC(CC(N)=NN)C1. The molecular formula is C8H17N3O. The molecule has 0 aliphatic heterocycles. The van der Waals surface area contributed by atoms with Crippen LogP contribution in [0.3, 0.4) is 0 Å². The van der Waals surface area contributed by atoms with Gasteiger partial charge in [0.2, 0.25) is 0 Å². The fraction of sp³-hybridized carbons (Fsp3) is 0.875. The van der Waals surface area contributed by atoms with Gasteiger partial charge in [-0.3, -0.25) is 0 Å². The number of nitrogens with zero attached hydrogens (tertiary/aromatic N) is 1. The van der Waals surface area contributed by atoms with Gasteiger partial charge in [-0.25, -0.2) is 0 Å². The van der Waals surface area contributed by atoms with E-state index in [1.807, 2.05) is 6.92 Å². The second-order valence-electron chi connectivity index (χ2n) is 3.24. The Bertz CT molecular complexity index is 164. The van der Waals surface area contributed by atoms with Gasteiger partial charge in [-0.2, -0.15) is 5.10 Å². The molecule has 0 aromatic rings. The molecule has 0 amide bonds. The van der Waals surface area contributed by atoms with Gasteiger partial charge >= 0.3 is 0 Å². The van der Waals surface area contributed by atoms with Crippen molar-refractivity contribution in [1.29, 1.82) is 0 Å². The van der Waals surface area contributed by atoms with Crippen LogP contribution in [-0.4, -0.2) is 18.5 Å². The molecule has 1 aliphatic carbocycles. The largest absolute Gasteiger partial charge is 0.386 e. The molecule has 0 heterocycles. The molecule has 0 radical (unpaired) electrons. The molecule has 4 nitrogen and oxygen atoms in total. The first-order valence-corrected chi connectivity index (χ1v) is 4.40. The standard InChI is InChI=1S/C8H17N3O/c1-2-12-7-3-6(4-7)5-8(9)11-10/h6-7H,2-5,10H2,1H3,(H2,9,11). The molecular weight excluding hydrogens is 154 g/mol. The van der Waals surface area contributed by atoms with E-state index in [0.29, 0.717) is 17.9 Å². The molecule has 1 fully saturated rings. The predicted octanol–water partition coefficient (Wildman–Crippen LogP) is 0.423. The second kappa shape index (κ2) is 4.30. The average Bonchev–Trinajstić information content (AvgIpc) is 2.00. The molecule has 0 aromatic heterocycles. The van der Waals surface area contributed by atoms with Gasteiger partial charge in [0, 0.05) is 13.0 Å². The minimum Gasteiger partial charge on any atom is -0.386 e. The molecule has 4 N–H and O–H groups in total. The fourth-order valence-corrected chi connectivity index (χ4v) is 1.56. The van der Waals surface area contributed by atoms with Crippen molar-refractivity contribution in [2.45, 2.75) is 32.3 Å². The molecule has 0 bridgehead atoms. The van der Waals surface area contributed by atoms with Crippen molar-refractivity contribution in [3.05, 3.63) is 0 Å². The second-order valence-corrected chi connectivity index (χ2v) is 3.24. The van der Waals surface area contributed by atoms with Crippen LogP contribution in [-0.2, 0) is 4.74 Å². The Morgan fingerprint density at radius 2 is 2.25 bits per heavy atom. The van der Waals surface area contributed by atoms with E-state index in [0.717, 1.165) is 25.9 Å². The summed E-state index contributed by atoms with van der Waals surface area (Å²) in [5.41, 5.74) is 5.49. The van der Waals surface area contributed by atoms with Gasteiger partial charge in [0.25, 0.3) is 0 Å². The van der Waals surface area contributed by atoms with Crippen LogP contribution in [0.15, 0.2) is 5.10 Å². The third-order valence-corrected chi connectivity index (χ3v) is 2.26. The number of hydrazone groups is 1. The minimum atomic E-state index is 0.450. The number of hydrogen-bond donors (Lipinski definition) is 2. The number of rotatable bonds is 4. The van der Waals surface area contributed by atoms with E-state index >= 15 is 0 Å². The maximum Gasteiger partial charge on any atom is 0.119 e. The maximum absolute atomic E-state index is 5.49. The normalized spacial score (nSPS) is 29.9. The Hall–Kier alpha value is -0.770. The molecule has 4 heteroatoms. The van der Waals surface area contributed by atoms with E-state index in [-0.39, 0.29) is 0 Å². The summed E-state index contributed by atoms with van der Waals surface area (Å²) in [6, 6.07) is 0. The van der Waals surface area contributed by atoms with Crippen LogP contribution < -0.4 is 11.6 Å². The van der Waals surface area contributed by atoms with Gasteiger partial charge in [0.1, 0.15) is 5.84 Å². The summed E-state index contributed by atoms with van der Waals surface area (Å²) in [5.74, 6) is 6.21. The molecule has 1 rings (SSSR count). The first-order chi connectivity index (χ1) is 5.76. The zero-order valence-corrected chi connectivity index (χ0v) is 7.49. The third kappa shape index (κ3) is 2.37. The van der Waals surface area contributed by atoms with E-state index < -0.39 is 0 Å². The molecule has 1 aliphatic rings. The van der Waals surface area contributed by atoms with Gasteiger partial charge in [0.05, 0.1) is 6.10 Å². The van der Waals surface area contributed by atoms with Crippen LogP contribution >= 0.6 is 0 Å². The molecule has 0 saturated heterocycles. The van der Waals surface area contributed by atoms with Crippen molar-refractivity contribution in [1.82, 2.24) is 0 Å². The number of nitrogens with two attached hydrogens (primary N) is 2. The molecule has 0 atom stereocenters. The number of amidine groups is 1. The summed E-state index contributed by atoms with van der Waals surface area (Å²) in [6.45, 7) is 2.82. The fourth-order valence-electron chi connectivity index (χ4n) is 1.56. The number of hydrogen-bond acceptors (Lipinski definition) is 3. The van der Waals surface area contributed by atoms with Crippen molar-refractivity contribution in [2.24, 2.45) is 22.6 Å². The topological polar surface area (TPSA) is 73.6 Å². The van der Waals surface area contributed by atoms with Gasteiger partial charge in [-0.15, -0.1) is 0 Å². The predicted molar refractivity (Wildman–Crippen MR) is 48.6 cm³/mol. The summed E-state index contributed by atoms with van der Waals surface area (Å²) in [7, 11) is 0. The number of ether oxygens (including phenoxy) is 1. The maximum atomic E-state index is 5.49. The average molecular weight is 171 g/mol. The van der Waals surface area contributed by atoms with Crippen LogP contribution in [0, 0.1) is 5.92 Å². The van der Waals surface area contributed by atoms with Gasteiger partial charge in [-0.1, -0.05) is 0 Å². The highest BCUT2D eigenvalue weighted by atomic mass is 16.5. The van der Waals surface area contributed by atoms with Crippen LogP contribution in [0.4, 0.5) is 0 Å². The zero-order valence-electron chi connectivity index (χ0n) is 7.49. The van der Waals surface area contributed by atoms with Crippen LogP contribution in [0.5, 0.6) is 0 Å². The summed E-state index contributed by atoms with van der Waals surface area (Å²) in [5, 5.41) is 3.43. The van der Waals surface area contributed by atoms with Crippen molar-refractivity contribution in [2.75, 3.05) is 6.61 Å². The van der Waals surface area contributed by atoms with Crippen molar-refractivity contribution >= 4 is 5.84 Å². The molecule has 0 aromatic carbocycles. The van der Waals surface area contributed by atoms with E-state index in [4.69, 9.17) is 16.3 Å². The molecule has 0 spiro atoms. The Kier molecular flexibility index (Phi) is 3.34. The van der Waals surface area contributed by atoms with E-state index in [2.05, 4.69) is 5.10 Å². The smallest absolute Gasteiger partial charge is 0.119 e. The highest BCUT2D eigenvalue weighted by molar-refractivity contribution is 5.80. The Morgan fingerprint density at radius 3 is 2.75 bits per heavy atom. The van der Waals surface area contributed by atoms with Gasteiger partial charge in [0.15, 0.2) is 0 Å². The lowest BCUT2D eigenvalue weighted by molar-refractivity contribution is -0.0222. The molecule has 0 unspecified atom stereocenters. The summed E-state index contributed by atoms with van der Waals surface area (Å²) >= 11 is 0. The Morgan fingerprint density at radius 1 is 1.58 bits per heavy atom. The lowest BCUT2D eigenvalue weighted by Crippen LogP contribution is -2.34. The van der Waals surface area contributed by atoms with Gasteiger partial charge < -0.3 is 16.3 Å². The van der Waals surface area contributed by atoms with E-state index in [1.165, 1.54) is 0 Å². The molecule has 1 saturated carbocycles.